The largest absolute Gasteiger partial charge is 0.534 e. The van der Waals surface area contributed by atoms with Gasteiger partial charge >= 0.3 is 6.16 Å². The van der Waals surface area contributed by atoms with Crippen molar-refractivity contribution in [3.05, 3.63) is 71.3 Å². The Morgan fingerprint density at radius 3 is 2.08 bits per heavy atom. The van der Waals surface area contributed by atoms with Crippen LogP contribution in [0.5, 0.6) is 11.8 Å². The first-order valence-electron chi connectivity index (χ1n) is 7.73. The molecule has 0 radical (unpaired) electrons. The Labute approximate surface area is 143 Å². The summed E-state index contributed by atoms with van der Waals surface area (Å²) in [6.45, 7) is 1.57. The molecule has 1 aliphatic rings. The molecule has 0 fully saturated rings. The third-order valence-electron chi connectivity index (χ3n) is 4.26. The van der Waals surface area contributed by atoms with E-state index in [2.05, 4.69) is 0 Å². The van der Waals surface area contributed by atoms with Gasteiger partial charge in [0, 0.05) is 22.8 Å². The molecule has 0 saturated heterocycles. The maximum Gasteiger partial charge on any atom is 0.534 e. The van der Waals surface area contributed by atoms with Crippen LogP contribution in [-0.2, 0) is 4.74 Å². The Hall–Kier alpha value is -3.41. The van der Waals surface area contributed by atoms with E-state index in [4.69, 9.17) is 9.57 Å². The van der Waals surface area contributed by atoms with E-state index in [0.717, 1.165) is 22.3 Å². The SMILES string of the molecule is Cc1cc(O)n(OC(=O)OC2c3ccccc3-c3ccccc32)c1O. The van der Waals surface area contributed by atoms with Gasteiger partial charge in [-0.25, -0.2) is 4.79 Å². The Morgan fingerprint density at radius 2 is 1.56 bits per heavy atom. The summed E-state index contributed by atoms with van der Waals surface area (Å²) in [5, 5.41) is 19.5. The molecule has 6 heteroatoms. The molecule has 3 aromatic rings. The predicted molar refractivity (Wildman–Crippen MR) is 89.3 cm³/mol. The van der Waals surface area contributed by atoms with Gasteiger partial charge in [-0.2, -0.15) is 0 Å². The standard InChI is InChI=1S/C19H15NO5/c1-11-10-16(21)20(18(11)22)25-19(23)24-17-14-8-4-2-6-12(14)13-7-3-5-9-15(13)17/h2-10,17,21-22H,1H3. The maximum atomic E-state index is 12.2. The van der Waals surface area contributed by atoms with Crippen LogP contribution in [0.1, 0.15) is 22.8 Å². The van der Waals surface area contributed by atoms with E-state index >= 15 is 0 Å². The zero-order valence-corrected chi connectivity index (χ0v) is 13.3. The van der Waals surface area contributed by atoms with Crippen LogP contribution in [0.4, 0.5) is 4.79 Å². The fourth-order valence-corrected chi connectivity index (χ4v) is 3.10. The number of benzene rings is 2. The van der Waals surface area contributed by atoms with Gasteiger partial charge in [0.2, 0.25) is 11.8 Å². The third kappa shape index (κ3) is 2.39. The van der Waals surface area contributed by atoms with Gasteiger partial charge in [0.1, 0.15) is 0 Å². The van der Waals surface area contributed by atoms with E-state index in [-0.39, 0.29) is 11.8 Å². The minimum Gasteiger partial charge on any atom is -0.492 e. The Kier molecular flexibility index (Phi) is 3.39. The van der Waals surface area contributed by atoms with Crippen LogP contribution in [0, 0.1) is 6.92 Å². The molecule has 2 N–H and O–H groups in total. The summed E-state index contributed by atoms with van der Waals surface area (Å²) in [6, 6.07) is 16.6. The highest BCUT2D eigenvalue weighted by molar-refractivity contribution is 5.79. The molecule has 2 aromatic carbocycles. The van der Waals surface area contributed by atoms with Crippen LogP contribution in [0.15, 0.2) is 54.6 Å². The fourth-order valence-electron chi connectivity index (χ4n) is 3.10. The minimum atomic E-state index is -1.03. The fraction of sp³-hybridized carbons (Fsp3) is 0.105. The highest BCUT2D eigenvalue weighted by Gasteiger charge is 2.32. The number of hydrogen-bond donors (Lipinski definition) is 2. The van der Waals surface area contributed by atoms with E-state index in [1.54, 1.807) is 6.92 Å². The molecule has 0 bridgehead atoms. The molecule has 0 spiro atoms. The second-order valence-electron chi connectivity index (χ2n) is 5.82. The highest BCUT2D eigenvalue weighted by Crippen LogP contribution is 2.45. The van der Waals surface area contributed by atoms with Crippen LogP contribution in [0.3, 0.4) is 0 Å². The second kappa shape index (κ2) is 5.59. The molecule has 126 valence electrons. The van der Waals surface area contributed by atoms with E-state index in [1.165, 1.54) is 6.07 Å². The van der Waals surface area contributed by atoms with Crippen LogP contribution in [0.2, 0.25) is 0 Å². The van der Waals surface area contributed by atoms with Crippen molar-refractivity contribution in [2.45, 2.75) is 13.0 Å². The number of rotatable bonds is 2. The van der Waals surface area contributed by atoms with Crippen molar-refractivity contribution in [2.75, 3.05) is 0 Å². The minimum absolute atomic E-state index is 0.360. The first kappa shape index (κ1) is 15.1. The Morgan fingerprint density at radius 1 is 1.00 bits per heavy atom. The third-order valence-corrected chi connectivity index (χ3v) is 4.26. The van der Waals surface area contributed by atoms with E-state index in [1.807, 2.05) is 48.5 Å². The van der Waals surface area contributed by atoms with E-state index in [0.29, 0.717) is 10.3 Å². The second-order valence-corrected chi connectivity index (χ2v) is 5.82. The summed E-state index contributed by atoms with van der Waals surface area (Å²) in [6.07, 6.45) is -1.64. The molecule has 1 aliphatic carbocycles. The van der Waals surface area contributed by atoms with Crippen molar-refractivity contribution in [2.24, 2.45) is 0 Å². The summed E-state index contributed by atoms with van der Waals surface area (Å²) in [4.78, 5) is 17.2. The molecule has 0 amide bonds. The number of fused-ring (bicyclic) bond motifs is 3. The van der Waals surface area contributed by atoms with Crippen molar-refractivity contribution < 1.29 is 24.6 Å². The van der Waals surface area contributed by atoms with Gasteiger partial charge in [-0.15, -0.1) is 4.73 Å². The molecule has 6 nitrogen and oxygen atoms in total. The van der Waals surface area contributed by atoms with Gasteiger partial charge in [0.05, 0.1) is 0 Å². The number of hydrogen-bond acceptors (Lipinski definition) is 5. The lowest BCUT2D eigenvalue weighted by Gasteiger charge is -2.15. The van der Waals surface area contributed by atoms with Gasteiger partial charge in [0.25, 0.3) is 0 Å². The number of carbonyl (C=O) groups is 1. The number of aromatic nitrogens is 1. The summed E-state index contributed by atoms with van der Waals surface area (Å²) < 4.78 is 6.11. The lowest BCUT2D eigenvalue weighted by atomic mass is 10.1. The lowest BCUT2D eigenvalue weighted by Crippen LogP contribution is -2.22. The average Bonchev–Trinajstić information content (AvgIpc) is 3.05. The number of aryl methyl sites for hydroxylation is 1. The Balaban J connectivity index is 1.63. The molecule has 25 heavy (non-hydrogen) atoms. The molecule has 0 atom stereocenters. The van der Waals surface area contributed by atoms with Crippen LogP contribution >= 0.6 is 0 Å². The zero-order chi connectivity index (χ0) is 17.6. The van der Waals surface area contributed by atoms with Crippen LogP contribution < -0.4 is 4.84 Å². The summed E-state index contributed by atoms with van der Waals surface area (Å²) in [7, 11) is 0. The molecular formula is C19H15NO5. The Bertz CT molecular complexity index is 930. The molecule has 1 heterocycles. The molecule has 0 unspecified atom stereocenters. The van der Waals surface area contributed by atoms with Crippen LogP contribution in [-0.4, -0.2) is 21.1 Å². The van der Waals surface area contributed by atoms with Gasteiger partial charge in [-0.05, 0) is 18.1 Å². The lowest BCUT2D eigenvalue weighted by molar-refractivity contribution is 0.0194. The molecular weight excluding hydrogens is 322 g/mol. The summed E-state index contributed by atoms with van der Waals surface area (Å²) >= 11 is 0. The van der Waals surface area contributed by atoms with E-state index < -0.39 is 12.3 Å². The van der Waals surface area contributed by atoms with Crippen molar-refractivity contribution >= 4 is 6.16 Å². The molecule has 4 rings (SSSR count). The van der Waals surface area contributed by atoms with Gasteiger partial charge < -0.3 is 14.9 Å². The van der Waals surface area contributed by atoms with Gasteiger partial charge in [-0.3, -0.25) is 4.84 Å². The van der Waals surface area contributed by atoms with Crippen molar-refractivity contribution in [1.82, 2.24) is 4.73 Å². The first-order valence-corrected chi connectivity index (χ1v) is 7.73. The highest BCUT2D eigenvalue weighted by atomic mass is 16.8. The molecule has 0 saturated carbocycles. The monoisotopic (exact) mass is 337 g/mol. The smallest absolute Gasteiger partial charge is 0.492 e. The van der Waals surface area contributed by atoms with Crippen molar-refractivity contribution in [3.8, 4) is 22.9 Å². The predicted octanol–water partition coefficient (Wildman–Crippen LogP) is 3.54. The van der Waals surface area contributed by atoms with Gasteiger partial charge in [-0.1, -0.05) is 48.5 Å². The van der Waals surface area contributed by atoms with Gasteiger partial charge in [0.15, 0.2) is 6.10 Å². The topological polar surface area (TPSA) is 80.9 Å². The number of ether oxygens (including phenoxy) is 1. The summed E-state index contributed by atoms with van der Waals surface area (Å²) in [5.74, 6) is -0.749. The zero-order valence-electron chi connectivity index (χ0n) is 13.3. The van der Waals surface area contributed by atoms with Crippen molar-refractivity contribution in [1.29, 1.82) is 0 Å². The number of aromatic hydroxyl groups is 2. The van der Waals surface area contributed by atoms with Crippen LogP contribution in [0.25, 0.3) is 11.1 Å². The average molecular weight is 337 g/mol. The normalized spacial score (nSPS) is 12.5. The molecule has 1 aromatic heterocycles. The van der Waals surface area contributed by atoms with E-state index in [9.17, 15) is 15.0 Å². The summed E-state index contributed by atoms with van der Waals surface area (Å²) in [5.41, 5.74) is 4.09. The number of nitrogens with zero attached hydrogens (tertiary/aromatic N) is 1. The quantitative estimate of drug-likeness (QED) is 0.699. The molecule has 0 aliphatic heterocycles. The number of carbonyl (C=O) groups excluding carboxylic acids is 1. The first-order chi connectivity index (χ1) is 12.1. The maximum absolute atomic E-state index is 12.2. The van der Waals surface area contributed by atoms with Crippen molar-refractivity contribution in [3.63, 3.8) is 0 Å².